The second-order valence-electron chi connectivity index (χ2n) is 12.5. The van der Waals surface area contributed by atoms with E-state index in [0.717, 1.165) is 44.6 Å². The van der Waals surface area contributed by atoms with Gasteiger partial charge in [0.2, 0.25) is 10.0 Å². The van der Waals surface area contributed by atoms with Gasteiger partial charge in [0.25, 0.3) is 0 Å². The highest BCUT2D eigenvalue weighted by Crippen LogP contribution is 2.54. The summed E-state index contributed by atoms with van der Waals surface area (Å²) >= 11 is 0. The SMILES string of the molecule is O=C(N1CC2(CC(n3cnc(C4CC4)n3)C2)C1)N1CC2(C1)CN(S(=O)(=O)CC1CCCCC1)C2. The molecule has 3 aliphatic carbocycles. The molecule has 0 N–H and O–H groups in total. The third-order valence-corrected chi connectivity index (χ3v) is 11.4. The number of sulfonamides is 1. The topological polar surface area (TPSA) is 91.6 Å². The summed E-state index contributed by atoms with van der Waals surface area (Å²) in [6.07, 6.45) is 12.2. The summed E-state index contributed by atoms with van der Waals surface area (Å²) < 4.78 is 29.3. The average Bonchev–Trinajstić information content (AvgIpc) is 3.42. The van der Waals surface area contributed by atoms with Gasteiger partial charge in [-0.3, -0.25) is 0 Å². The van der Waals surface area contributed by atoms with E-state index in [-0.39, 0.29) is 16.9 Å². The fourth-order valence-corrected chi connectivity index (χ4v) is 9.31. The Morgan fingerprint density at radius 2 is 1.56 bits per heavy atom. The number of rotatable bonds is 5. The van der Waals surface area contributed by atoms with Crippen LogP contribution in [0.15, 0.2) is 6.33 Å². The first-order valence-corrected chi connectivity index (χ1v) is 14.9. The molecule has 2 spiro atoms. The molecule has 7 rings (SSSR count). The minimum Gasteiger partial charge on any atom is -0.323 e. The summed E-state index contributed by atoms with van der Waals surface area (Å²) in [6, 6.07) is 0.570. The van der Waals surface area contributed by atoms with Crippen LogP contribution in [0, 0.1) is 16.7 Å². The Kier molecular flexibility index (Phi) is 4.71. The Balaban J connectivity index is 0.850. The average molecular weight is 489 g/mol. The van der Waals surface area contributed by atoms with E-state index in [1.807, 2.05) is 20.8 Å². The monoisotopic (exact) mass is 488 g/mol. The molecule has 0 radical (unpaired) electrons. The van der Waals surface area contributed by atoms with Crippen molar-refractivity contribution in [2.24, 2.45) is 16.7 Å². The first-order chi connectivity index (χ1) is 16.3. The van der Waals surface area contributed by atoms with E-state index in [2.05, 4.69) is 10.1 Å². The van der Waals surface area contributed by atoms with Crippen LogP contribution in [-0.4, -0.2) is 88.3 Å². The van der Waals surface area contributed by atoms with Crippen molar-refractivity contribution in [2.45, 2.75) is 69.7 Å². The molecule has 0 aromatic carbocycles. The molecule has 0 atom stereocenters. The zero-order chi connectivity index (χ0) is 23.1. The maximum atomic E-state index is 12.9. The Morgan fingerprint density at radius 1 is 0.912 bits per heavy atom. The summed E-state index contributed by atoms with van der Waals surface area (Å²) in [5.74, 6) is 2.25. The van der Waals surface area contributed by atoms with Crippen molar-refractivity contribution >= 4 is 16.1 Å². The Bertz CT molecular complexity index is 1060. The summed E-state index contributed by atoms with van der Waals surface area (Å²) in [5, 5.41) is 4.68. The number of hydrogen-bond acceptors (Lipinski definition) is 5. The second kappa shape index (κ2) is 7.41. The van der Waals surface area contributed by atoms with Crippen LogP contribution in [0.1, 0.15) is 75.6 Å². The summed E-state index contributed by atoms with van der Waals surface area (Å²) in [7, 11) is -3.15. The Hall–Kier alpha value is -1.68. The third kappa shape index (κ3) is 3.58. The molecule has 1 aromatic rings. The van der Waals surface area contributed by atoms with Gasteiger partial charge in [-0.2, -0.15) is 5.10 Å². The molecule has 3 aliphatic heterocycles. The smallest absolute Gasteiger partial charge is 0.320 e. The molecule has 10 heteroatoms. The number of nitrogens with zero attached hydrogens (tertiary/aromatic N) is 6. The molecule has 3 saturated heterocycles. The number of urea groups is 1. The van der Waals surface area contributed by atoms with Gasteiger partial charge in [-0.1, -0.05) is 19.3 Å². The Morgan fingerprint density at radius 3 is 2.21 bits per heavy atom. The van der Waals surface area contributed by atoms with Gasteiger partial charge in [0.15, 0.2) is 5.82 Å². The number of aromatic nitrogens is 3. The van der Waals surface area contributed by atoms with E-state index in [1.165, 1.54) is 32.1 Å². The number of likely N-dealkylation sites (tertiary alicyclic amines) is 2. The van der Waals surface area contributed by atoms with Crippen LogP contribution in [0.5, 0.6) is 0 Å². The van der Waals surface area contributed by atoms with Gasteiger partial charge in [-0.25, -0.2) is 27.2 Å². The van der Waals surface area contributed by atoms with E-state index in [4.69, 9.17) is 0 Å². The van der Waals surface area contributed by atoms with E-state index in [0.29, 0.717) is 49.8 Å². The highest BCUT2D eigenvalue weighted by Gasteiger charge is 2.60. The second-order valence-corrected chi connectivity index (χ2v) is 14.5. The van der Waals surface area contributed by atoms with Gasteiger partial charge in [-0.15, -0.1) is 0 Å². The molecule has 6 aliphatic rings. The lowest BCUT2D eigenvalue weighted by Gasteiger charge is -2.63. The quantitative estimate of drug-likeness (QED) is 0.635. The van der Waals surface area contributed by atoms with Gasteiger partial charge < -0.3 is 9.80 Å². The van der Waals surface area contributed by atoms with Crippen LogP contribution in [0.25, 0.3) is 0 Å². The van der Waals surface area contributed by atoms with Crippen LogP contribution in [0.4, 0.5) is 4.79 Å². The van der Waals surface area contributed by atoms with Crippen LogP contribution >= 0.6 is 0 Å². The molecule has 34 heavy (non-hydrogen) atoms. The lowest BCUT2D eigenvalue weighted by molar-refractivity contribution is -0.101. The molecule has 4 heterocycles. The minimum absolute atomic E-state index is 0.00573. The van der Waals surface area contributed by atoms with Crippen molar-refractivity contribution in [2.75, 3.05) is 45.0 Å². The number of hydrogen-bond donors (Lipinski definition) is 0. The fraction of sp³-hybridized carbons (Fsp3) is 0.875. The maximum absolute atomic E-state index is 12.9. The lowest BCUT2D eigenvalue weighted by atomic mass is 9.60. The predicted molar refractivity (Wildman–Crippen MR) is 126 cm³/mol. The molecule has 2 amide bonds. The molecule has 9 nitrogen and oxygen atoms in total. The summed E-state index contributed by atoms with van der Waals surface area (Å²) in [4.78, 5) is 21.3. The Labute approximate surface area is 201 Å². The van der Waals surface area contributed by atoms with Crippen molar-refractivity contribution in [3.05, 3.63) is 12.2 Å². The van der Waals surface area contributed by atoms with E-state index in [9.17, 15) is 13.2 Å². The summed E-state index contributed by atoms with van der Waals surface area (Å²) in [5.41, 5.74) is 0.279. The van der Waals surface area contributed by atoms with Crippen molar-refractivity contribution < 1.29 is 13.2 Å². The molecular weight excluding hydrogens is 452 g/mol. The normalized spacial score (nSPS) is 28.9. The highest BCUT2D eigenvalue weighted by molar-refractivity contribution is 7.89. The predicted octanol–water partition coefficient (Wildman–Crippen LogP) is 2.44. The van der Waals surface area contributed by atoms with Crippen LogP contribution < -0.4 is 0 Å². The summed E-state index contributed by atoms with van der Waals surface area (Å²) in [6.45, 7) is 4.29. The standard InChI is InChI=1S/C24H36N6O3S/c31-22(27-11-23(12-27)8-20(9-23)30-17-25-21(26-30)19-6-7-19)28-13-24(14-28)15-29(16-24)34(32,33)10-18-4-2-1-3-5-18/h17-20H,1-16H2. The molecule has 0 unspecified atom stereocenters. The molecule has 3 saturated carbocycles. The van der Waals surface area contributed by atoms with Gasteiger partial charge in [0, 0.05) is 56.0 Å². The van der Waals surface area contributed by atoms with Crippen LogP contribution in [0.3, 0.4) is 0 Å². The molecule has 186 valence electrons. The maximum Gasteiger partial charge on any atom is 0.320 e. The van der Waals surface area contributed by atoms with Gasteiger partial charge >= 0.3 is 6.03 Å². The molecule has 0 bridgehead atoms. The van der Waals surface area contributed by atoms with Gasteiger partial charge in [-0.05, 0) is 44.4 Å². The van der Waals surface area contributed by atoms with Crippen molar-refractivity contribution in [1.29, 1.82) is 0 Å². The number of amides is 2. The first kappa shape index (κ1) is 21.6. The van der Waals surface area contributed by atoms with Crippen molar-refractivity contribution in [3.63, 3.8) is 0 Å². The first-order valence-electron chi connectivity index (χ1n) is 13.2. The van der Waals surface area contributed by atoms with Crippen molar-refractivity contribution in [1.82, 2.24) is 28.9 Å². The molecule has 6 fully saturated rings. The largest absolute Gasteiger partial charge is 0.323 e. The fourth-order valence-electron chi connectivity index (χ4n) is 7.23. The third-order valence-electron chi connectivity index (χ3n) is 9.41. The van der Waals surface area contributed by atoms with Gasteiger partial charge in [0.05, 0.1) is 11.8 Å². The lowest BCUT2D eigenvalue weighted by Crippen LogP contribution is -2.76. The molecule has 1 aromatic heterocycles. The van der Waals surface area contributed by atoms with E-state index < -0.39 is 10.0 Å². The van der Waals surface area contributed by atoms with E-state index in [1.54, 1.807) is 4.31 Å². The number of carbonyl (C=O) groups excluding carboxylic acids is 1. The van der Waals surface area contributed by atoms with Gasteiger partial charge in [0.1, 0.15) is 6.33 Å². The van der Waals surface area contributed by atoms with E-state index >= 15 is 0 Å². The van der Waals surface area contributed by atoms with Crippen LogP contribution in [-0.2, 0) is 10.0 Å². The zero-order valence-electron chi connectivity index (χ0n) is 19.9. The molecular formula is C24H36N6O3S. The number of carbonyl (C=O) groups is 1. The minimum atomic E-state index is -3.15. The highest BCUT2D eigenvalue weighted by atomic mass is 32.2. The van der Waals surface area contributed by atoms with Crippen molar-refractivity contribution in [3.8, 4) is 0 Å². The zero-order valence-corrected chi connectivity index (χ0v) is 20.8. The van der Waals surface area contributed by atoms with Crippen LogP contribution in [0.2, 0.25) is 0 Å².